The third kappa shape index (κ3) is 6.01. The zero-order valence-electron chi connectivity index (χ0n) is 17.7. The third-order valence-corrected chi connectivity index (χ3v) is 7.34. The largest absolute Gasteiger partial charge is 0.416 e. The van der Waals surface area contributed by atoms with E-state index in [4.69, 9.17) is 0 Å². The molecule has 0 aliphatic carbocycles. The molecule has 1 aliphatic rings. The van der Waals surface area contributed by atoms with Gasteiger partial charge in [0.15, 0.2) is 0 Å². The van der Waals surface area contributed by atoms with Gasteiger partial charge in [0, 0.05) is 32.2 Å². The second-order valence-electron chi connectivity index (χ2n) is 7.79. The van der Waals surface area contributed by atoms with E-state index in [1.807, 2.05) is 37.3 Å². The molecule has 174 valence electrons. The lowest BCUT2D eigenvalue weighted by molar-refractivity contribution is -0.137. The van der Waals surface area contributed by atoms with Gasteiger partial charge in [-0.15, -0.1) is 0 Å². The van der Waals surface area contributed by atoms with E-state index in [0.717, 1.165) is 37.1 Å². The van der Waals surface area contributed by atoms with Crippen molar-refractivity contribution in [2.75, 3.05) is 26.2 Å². The molecule has 10 heteroatoms. The summed E-state index contributed by atoms with van der Waals surface area (Å²) in [5.41, 5.74) is 0.287. The van der Waals surface area contributed by atoms with E-state index in [0.29, 0.717) is 0 Å². The first-order chi connectivity index (χ1) is 15.1. The first-order valence-electron chi connectivity index (χ1n) is 10.3. The monoisotopic (exact) mass is 469 g/mol. The number of piperazine rings is 1. The smallest absolute Gasteiger partial charge is 0.336 e. The Bertz CT molecular complexity index is 1000. The van der Waals surface area contributed by atoms with Crippen molar-refractivity contribution in [3.63, 3.8) is 0 Å². The zero-order valence-corrected chi connectivity index (χ0v) is 18.5. The Morgan fingerprint density at radius 1 is 1.00 bits per heavy atom. The lowest BCUT2D eigenvalue weighted by atomic mass is 10.1. The molecule has 2 aromatic carbocycles. The Hall–Kier alpha value is -2.59. The fraction of sp³-hybridized carbons (Fsp3) is 0.409. The molecule has 0 bridgehead atoms. The number of carbonyl (C=O) groups excluding carboxylic acids is 1. The van der Waals surface area contributed by atoms with Gasteiger partial charge in [-0.25, -0.2) is 13.2 Å². The van der Waals surface area contributed by atoms with E-state index in [1.165, 1.54) is 9.87 Å². The first-order valence-corrected chi connectivity index (χ1v) is 11.8. The van der Waals surface area contributed by atoms with Gasteiger partial charge in [0.2, 0.25) is 10.0 Å². The van der Waals surface area contributed by atoms with Gasteiger partial charge >= 0.3 is 12.2 Å². The highest BCUT2D eigenvalue weighted by Crippen LogP contribution is 2.30. The van der Waals surface area contributed by atoms with Crippen molar-refractivity contribution in [3.05, 3.63) is 65.7 Å². The maximum Gasteiger partial charge on any atom is 0.416 e. The zero-order chi connectivity index (χ0) is 23.4. The van der Waals surface area contributed by atoms with Crippen LogP contribution in [0.15, 0.2) is 59.5 Å². The fourth-order valence-electron chi connectivity index (χ4n) is 3.50. The van der Waals surface area contributed by atoms with Gasteiger partial charge < -0.3 is 10.2 Å². The minimum absolute atomic E-state index is 0.0448. The summed E-state index contributed by atoms with van der Waals surface area (Å²) in [4.78, 5) is 13.9. The summed E-state index contributed by atoms with van der Waals surface area (Å²) in [5, 5.41) is 2.94. The van der Waals surface area contributed by atoms with Crippen LogP contribution in [-0.2, 0) is 22.6 Å². The number of nitrogens with zero attached hydrogens (tertiary/aromatic N) is 2. The van der Waals surface area contributed by atoms with Crippen molar-refractivity contribution in [1.29, 1.82) is 0 Å². The summed E-state index contributed by atoms with van der Waals surface area (Å²) < 4.78 is 64.8. The summed E-state index contributed by atoms with van der Waals surface area (Å²) in [6.45, 7) is 2.49. The van der Waals surface area contributed by atoms with E-state index in [-0.39, 0.29) is 43.1 Å². The Morgan fingerprint density at radius 3 is 2.16 bits per heavy atom. The molecule has 1 atom stereocenters. The van der Waals surface area contributed by atoms with E-state index in [2.05, 4.69) is 5.32 Å². The van der Waals surface area contributed by atoms with Crippen molar-refractivity contribution >= 4 is 16.1 Å². The molecule has 3 rings (SSSR count). The van der Waals surface area contributed by atoms with Gasteiger partial charge in [-0.05, 0) is 49.6 Å². The van der Waals surface area contributed by atoms with Crippen LogP contribution in [0.2, 0.25) is 0 Å². The molecule has 1 saturated heterocycles. The number of carbonyl (C=O) groups is 1. The Labute approximate surface area is 186 Å². The molecule has 1 aliphatic heterocycles. The van der Waals surface area contributed by atoms with Gasteiger partial charge in [-0.2, -0.15) is 17.5 Å². The number of nitrogens with one attached hydrogen (secondary N) is 1. The van der Waals surface area contributed by atoms with Crippen LogP contribution in [0.3, 0.4) is 0 Å². The van der Waals surface area contributed by atoms with Crippen molar-refractivity contribution < 1.29 is 26.4 Å². The summed E-state index contributed by atoms with van der Waals surface area (Å²) in [5.74, 6) is 0. The molecule has 1 heterocycles. The third-order valence-electron chi connectivity index (χ3n) is 5.42. The summed E-state index contributed by atoms with van der Waals surface area (Å²) in [6.07, 6.45) is -2.92. The minimum Gasteiger partial charge on any atom is -0.336 e. The molecule has 0 unspecified atom stereocenters. The highest BCUT2D eigenvalue weighted by Gasteiger charge is 2.33. The van der Waals surface area contributed by atoms with Crippen LogP contribution < -0.4 is 5.32 Å². The number of amides is 2. The molecule has 0 aromatic heterocycles. The highest BCUT2D eigenvalue weighted by molar-refractivity contribution is 7.89. The second-order valence-corrected chi connectivity index (χ2v) is 9.73. The molecular weight excluding hydrogens is 443 g/mol. The number of hydrogen-bond donors (Lipinski definition) is 1. The number of alkyl halides is 3. The number of rotatable bonds is 6. The van der Waals surface area contributed by atoms with Gasteiger partial charge in [0.25, 0.3) is 0 Å². The molecule has 0 saturated carbocycles. The predicted octanol–water partition coefficient (Wildman–Crippen LogP) is 3.74. The van der Waals surface area contributed by atoms with Crippen LogP contribution >= 0.6 is 0 Å². The molecule has 0 radical (unpaired) electrons. The Balaban J connectivity index is 1.50. The molecule has 2 aromatic rings. The summed E-state index contributed by atoms with van der Waals surface area (Å²) in [7, 11) is -3.93. The maximum absolute atomic E-state index is 12.7. The maximum atomic E-state index is 12.7. The van der Waals surface area contributed by atoms with Crippen molar-refractivity contribution in [1.82, 2.24) is 14.5 Å². The molecule has 32 heavy (non-hydrogen) atoms. The fourth-order valence-corrected chi connectivity index (χ4v) is 4.92. The van der Waals surface area contributed by atoms with Crippen molar-refractivity contribution in [3.8, 4) is 0 Å². The SMILES string of the molecule is C[C@@H](CCc1ccccc1)NC(=O)N1CCN(S(=O)(=O)c2ccc(C(F)(F)F)cc2)CC1. The van der Waals surface area contributed by atoms with Crippen LogP contribution in [0.5, 0.6) is 0 Å². The van der Waals surface area contributed by atoms with Crippen LogP contribution in [0, 0.1) is 0 Å². The Morgan fingerprint density at radius 2 is 1.59 bits per heavy atom. The average Bonchev–Trinajstić information content (AvgIpc) is 2.78. The molecule has 0 spiro atoms. The lowest BCUT2D eigenvalue weighted by Gasteiger charge is -2.34. The molecule has 1 fully saturated rings. The van der Waals surface area contributed by atoms with Gasteiger partial charge in [0.05, 0.1) is 10.5 Å². The van der Waals surface area contributed by atoms with E-state index >= 15 is 0 Å². The van der Waals surface area contributed by atoms with Crippen LogP contribution in [0.25, 0.3) is 0 Å². The van der Waals surface area contributed by atoms with Crippen molar-refractivity contribution in [2.24, 2.45) is 0 Å². The number of sulfonamides is 1. The van der Waals surface area contributed by atoms with Crippen molar-refractivity contribution in [2.45, 2.75) is 36.9 Å². The summed E-state index contributed by atoms with van der Waals surface area (Å²) >= 11 is 0. The molecule has 2 amide bonds. The number of hydrogen-bond acceptors (Lipinski definition) is 3. The van der Waals surface area contributed by atoms with E-state index < -0.39 is 21.8 Å². The summed E-state index contributed by atoms with van der Waals surface area (Å²) in [6, 6.07) is 13.1. The topological polar surface area (TPSA) is 69.7 Å². The number of urea groups is 1. The Kier molecular flexibility index (Phi) is 7.45. The van der Waals surface area contributed by atoms with Crippen LogP contribution in [0.1, 0.15) is 24.5 Å². The quantitative estimate of drug-likeness (QED) is 0.701. The second kappa shape index (κ2) is 9.91. The number of halogens is 3. The number of aryl methyl sites for hydroxylation is 1. The van der Waals surface area contributed by atoms with Gasteiger partial charge in [-0.3, -0.25) is 0 Å². The first kappa shape index (κ1) is 24.1. The molecule has 6 nitrogen and oxygen atoms in total. The van der Waals surface area contributed by atoms with E-state index in [1.54, 1.807) is 4.90 Å². The van der Waals surface area contributed by atoms with Gasteiger partial charge in [0.1, 0.15) is 0 Å². The standard InChI is InChI=1S/C22H26F3N3O3S/c1-17(7-8-18-5-3-2-4-6-18)26-21(29)27-13-15-28(16-14-27)32(30,31)20-11-9-19(10-12-20)22(23,24)25/h2-6,9-12,17H,7-8,13-16H2,1H3,(H,26,29)/t17-/m0/s1. The van der Waals surface area contributed by atoms with Crippen LogP contribution in [-0.4, -0.2) is 55.9 Å². The predicted molar refractivity (Wildman–Crippen MR) is 115 cm³/mol. The molecular formula is C22H26F3N3O3S. The minimum atomic E-state index is -4.53. The van der Waals surface area contributed by atoms with Gasteiger partial charge in [-0.1, -0.05) is 30.3 Å². The average molecular weight is 470 g/mol. The highest BCUT2D eigenvalue weighted by atomic mass is 32.2. The normalized spacial score (nSPS) is 16.6. The molecule has 1 N–H and O–H groups in total. The van der Waals surface area contributed by atoms with E-state index in [9.17, 15) is 26.4 Å². The van der Waals surface area contributed by atoms with Crippen LogP contribution in [0.4, 0.5) is 18.0 Å². The number of benzene rings is 2. The lowest BCUT2D eigenvalue weighted by Crippen LogP contribution is -2.54.